The number of nitrogens with two attached hydrogens (primary N) is 1. The van der Waals surface area contributed by atoms with Gasteiger partial charge in [0.1, 0.15) is 0 Å². The summed E-state index contributed by atoms with van der Waals surface area (Å²) in [6.07, 6.45) is -3.39. The van der Waals surface area contributed by atoms with Gasteiger partial charge in [-0.2, -0.15) is 13.2 Å². The number of hydrogen-bond donors (Lipinski definition) is 2. The summed E-state index contributed by atoms with van der Waals surface area (Å²) in [4.78, 5) is 24.3. The topological polar surface area (TPSA) is 75.4 Å². The molecule has 8 heteroatoms. The van der Waals surface area contributed by atoms with Crippen LogP contribution >= 0.6 is 0 Å². The first-order valence-corrected chi connectivity index (χ1v) is 7.28. The second-order valence-electron chi connectivity index (χ2n) is 5.54. The van der Waals surface area contributed by atoms with Gasteiger partial charge in [0.05, 0.1) is 5.56 Å². The summed E-state index contributed by atoms with van der Waals surface area (Å²) in [5.74, 6) is -2.59. The monoisotopic (exact) mass is 329 g/mol. The smallest absolute Gasteiger partial charge is 0.371 e. The maximum Gasteiger partial charge on any atom is 0.471 e. The molecular weight excluding hydrogens is 311 g/mol. The van der Waals surface area contributed by atoms with Crippen molar-refractivity contribution in [2.24, 2.45) is 11.7 Å². The van der Waals surface area contributed by atoms with Gasteiger partial charge < -0.3 is 16.0 Å². The molecule has 0 aromatic heterocycles. The molecule has 0 unspecified atom stereocenters. The minimum atomic E-state index is -4.87. The van der Waals surface area contributed by atoms with Crippen LogP contribution in [0.3, 0.4) is 0 Å². The number of carbonyl (C=O) groups is 2. The third-order valence-electron chi connectivity index (χ3n) is 3.84. The van der Waals surface area contributed by atoms with Crippen molar-refractivity contribution in [2.45, 2.75) is 19.0 Å². The Hall–Kier alpha value is -2.25. The van der Waals surface area contributed by atoms with Crippen LogP contribution in [0, 0.1) is 5.92 Å². The van der Waals surface area contributed by atoms with Gasteiger partial charge in [-0.1, -0.05) is 12.1 Å². The number of benzene rings is 1. The van der Waals surface area contributed by atoms with Crippen LogP contribution in [0.4, 0.5) is 18.9 Å². The molecule has 0 spiro atoms. The number of hydrogen-bond acceptors (Lipinski definition) is 3. The van der Waals surface area contributed by atoms with Crippen molar-refractivity contribution >= 4 is 17.5 Å². The standard InChI is InChI=1S/C15H18F3N3O2/c16-15(17,18)14(23)20-8-10-4-3-7-21(9-10)12-6-2-1-5-11(12)13(19)22/h1-2,5-6,10H,3-4,7-9H2,(H2,19,22)(H,20,23)/t10-/m0/s1. The molecule has 126 valence electrons. The number of piperidine rings is 1. The van der Waals surface area contributed by atoms with Crippen molar-refractivity contribution in [1.82, 2.24) is 5.32 Å². The van der Waals surface area contributed by atoms with Crippen LogP contribution < -0.4 is 16.0 Å². The zero-order chi connectivity index (χ0) is 17.0. The number of carbonyl (C=O) groups excluding carboxylic acids is 2. The number of amides is 2. The summed E-state index contributed by atoms with van der Waals surface area (Å²) in [7, 11) is 0. The Balaban J connectivity index is 2.02. The van der Waals surface area contributed by atoms with Crippen LogP contribution in [0.1, 0.15) is 23.2 Å². The van der Waals surface area contributed by atoms with E-state index in [1.165, 1.54) is 0 Å². The zero-order valence-electron chi connectivity index (χ0n) is 12.4. The van der Waals surface area contributed by atoms with Gasteiger partial charge in [0.25, 0.3) is 5.91 Å². The molecule has 0 radical (unpaired) electrons. The lowest BCUT2D eigenvalue weighted by atomic mass is 9.96. The molecule has 23 heavy (non-hydrogen) atoms. The van der Waals surface area contributed by atoms with E-state index in [2.05, 4.69) is 0 Å². The van der Waals surface area contributed by atoms with Gasteiger partial charge in [0, 0.05) is 25.3 Å². The highest BCUT2D eigenvalue weighted by Gasteiger charge is 2.38. The molecule has 3 N–H and O–H groups in total. The fraction of sp³-hybridized carbons (Fsp3) is 0.467. The zero-order valence-corrected chi connectivity index (χ0v) is 12.4. The van der Waals surface area contributed by atoms with Crippen LogP contribution in [0.5, 0.6) is 0 Å². The van der Waals surface area contributed by atoms with Crippen LogP contribution in [0.25, 0.3) is 0 Å². The fourth-order valence-electron chi connectivity index (χ4n) is 2.75. The van der Waals surface area contributed by atoms with E-state index in [-0.39, 0.29) is 12.5 Å². The first-order chi connectivity index (χ1) is 10.8. The van der Waals surface area contributed by atoms with E-state index in [9.17, 15) is 22.8 Å². The maximum absolute atomic E-state index is 12.2. The molecule has 0 bridgehead atoms. The van der Waals surface area contributed by atoms with Crippen LogP contribution in [-0.2, 0) is 4.79 Å². The highest BCUT2D eigenvalue weighted by atomic mass is 19.4. The molecule has 1 fully saturated rings. The van der Waals surface area contributed by atoms with Gasteiger partial charge in [-0.15, -0.1) is 0 Å². The summed E-state index contributed by atoms with van der Waals surface area (Å²) in [6, 6.07) is 6.86. The maximum atomic E-state index is 12.2. The van der Waals surface area contributed by atoms with Gasteiger partial charge in [-0.3, -0.25) is 9.59 Å². The molecule has 0 aliphatic carbocycles. The quantitative estimate of drug-likeness (QED) is 0.882. The molecule has 1 aliphatic heterocycles. The van der Waals surface area contributed by atoms with Crippen molar-refractivity contribution in [2.75, 3.05) is 24.5 Å². The first-order valence-electron chi connectivity index (χ1n) is 7.28. The average molecular weight is 329 g/mol. The number of anilines is 1. The number of nitrogens with zero attached hydrogens (tertiary/aromatic N) is 1. The van der Waals surface area contributed by atoms with Crippen molar-refractivity contribution in [3.8, 4) is 0 Å². The van der Waals surface area contributed by atoms with E-state index >= 15 is 0 Å². The van der Waals surface area contributed by atoms with Gasteiger partial charge in [-0.25, -0.2) is 0 Å². The van der Waals surface area contributed by atoms with Gasteiger partial charge in [0.15, 0.2) is 0 Å². The summed E-state index contributed by atoms with van der Waals surface area (Å²) in [5.41, 5.74) is 6.41. The molecule has 1 aliphatic rings. The van der Waals surface area contributed by atoms with Crippen molar-refractivity contribution < 1.29 is 22.8 Å². The fourth-order valence-corrected chi connectivity index (χ4v) is 2.75. The Morgan fingerprint density at radius 2 is 2.00 bits per heavy atom. The summed E-state index contributed by atoms with van der Waals surface area (Å²) < 4.78 is 36.6. The lowest BCUT2D eigenvalue weighted by Crippen LogP contribution is -2.44. The minimum Gasteiger partial charge on any atom is -0.371 e. The van der Waals surface area contributed by atoms with Gasteiger partial charge in [-0.05, 0) is 30.9 Å². The Kier molecular flexibility index (Phi) is 5.12. The SMILES string of the molecule is NC(=O)c1ccccc1N1CCC[C@@H](CNC(=O)C(F)(F)F)C1. The molecule has 2 amide bonds. The molecular formula is C15H18F3N3O2. The van der Waals surface area contributed by atoms with Gasteiger partial charge in [0.2, 0.25) is 0 Å². The molecule has 2 rings (SSSR count). The van der Waals surface area contributed by atoms with Crippen LogP contribution in [-0.4, -0.2) is 37.6 Å². The number of halogens is 3. The molecule has 1 atom stereocenters. The van der Waals surface area contributed by atoms with Crippen molar-refractivity contribution in [3.63, 3.8) is 0 Å². The lowest BCUT2D eigenvalue weighted by Gasteiger charge is -2.35. The molecule has 0 saturated carbocycles. The number of nitrogens with one attached hydrogen (secondary N) is 1. The Morgan fingerprint density at radius 1 is 1.30 bits per heavy atom. The molecule has 5 nitrogen and oxygen atoms in total. The third-order valence-corrected chi connectivity index (χ3v) is 3.84. The summed E-state index contributed by atoms with van der Waals surface area (Å²) >= 11 is 0. The molecule has 1 aromatic carbocycles. The second-order valence-corrected chi connectivity index (χ2v) is 5.54. The second kappa shape index (κ2) is 6.89. The third kappa shape index (κ3) is 4.37. The normalized spacial score (nSPS) is 18.6. The molecule has 1 aromatic rings. The largest absolute Gasteiger partial charge is 0.471 e. The van der Waals surface area contributed by atoms with Crippen molar-refractivity contribution in [1.29, 1.82) is 0 Å². The predicted molar refractivity (Wildman–Crippen MR) is 79.0 cm³/mol. The highest BCUT2D eigenvalue weighted by Crippen LogP contribution is 2.26. The van der Waals surface area contributed by atoms with Crippen LogP contribution in [0.15, 0.2) is 24.3 Å². The first kappa shape index (κ1) is 17.1. The number of primary amides is 1. The summed E-state index contributed by atoms with van der Waals surface area (Å²) in [5, 5.41) is 1.92. The Labute approximate surface area is 131 Å². The van der Waals surface area contributed by atoms with E-state index in [4.69, 9.17) is 5.73 Å². The Bertz CT molecular complexity index is 590. The van der Waals surface area contributed by atoms with Crippen LogP contribution in [0.2, 0.25) is 0 Å². The van der Waals surface area contributed by atoms with E-state index in [0.717, 1.165) is 6.42 Å². The molecule has 1 heterocycles. The minimum absolute atomic E-state index is 0.0480. The van der Waals surface area contributed by atoms with E-state index in [1.54, 1.807) is 24.3 Å². The highest BCUT2D eigenvalue weighted by molar-refractivity contribution is 5.98. The van der Waals surface area contributed by atoms with Crippen molar-refractivity contribution in [3.05, 3.63) is 29.8 Å². The summed E-state index contributed by atoms with van der Waals surface area (Å²) in [6.45, 7) is 1.10. The number of rotatable bonds is 4. The van der Waals surface area contributed by atoms with E-state index < -0.39 is 18.0 Å². The lowest BCUT2D eigenvalue weighted by molar-refractivity contribution is -0.173. The van der Waals surface area contributed by atoms with Gasteiger partial charge >= 0.3 is 12.1 Å². The van der Waals surface area contributed by atoms with E-state index in [0.29, 0.717) is 30.8 Å². The Morgan fingerprint density at radius 3 is 2.65 bits per heavy atom. The number of para-hydroxylation sites is 1. The number of alkyl halides is 3. The van der Waals surface area contributed by atoms with E-state index in [1.807, 2.05) is 10.2 Å². The average Bonchev–Trinajstić information content (AvgIpc) is 2.52. The molecule has 1 saturated heterocycles. The predicted octanol–water partition coefficient (Wildman–Crippen LogP) is 1.68.